The average molecular weight is 448 g/mol. The predicted molar refractivity (Wildman–Crippen MR) is 117 cm³/mol. The Kier molecular flexibility index (Phi) is 6.64. The summed E-state index contributed by atoms with van der Waals surface area (Å²) in [6.45, 7) is 1.67. The van der Waals surface area contributed by atoms with Crippen molar-refractivity contribution in [1.29, 1.82) is 0 Å². The zero-order valence-electron chi connectivity index (χ0n) is 16.5. The zero-order chi connectivity index (χ0) is 21.8. The number of carbonyl (C=O) groups is 1. The van der Waals surface area contributed by atoms with E-state index >= 15 is 0 Å². The van der Waals surface area contributed by atoms with Crippen molar-refractivity contribution in [3.8, 4) is 11.4 Å². The van der Waals surface area contributed by atoms with Crippen LogP contribution in [0, 0.1) is 0 Å². The monoisotopic (exact) mass is 447 g/mol. The second-order valence-corrected chi connectivity index (χ2v) is 7.19. The Labute approximate surface area is 182 Å². The highest BCUT2D eigenvalue weighted by Gasteiger charge is 2.20. The minimum absolute atomic E-state index is 0.125. The van der Waals surface area contributed by atoms with Gasteiger partial charge in [-0.25, -0.2) is 4.68 Å². The molecule has 0 unspecified atom stereocenters. The van der Waals surface area contributed by atoms with Crippen molar-refractivity contribution >= 4 is 40.6 Å². The fourth-order valence-electron chi connectivity index (χ4n) is 2.92. The van der Waals surface area contributed by atoms with Crippen LogP contribution in [0.25, 0.3) is 5.69 Å². The van der Waals surface area contributed by atoms with Gasteiger partial charge in [-0.3, -0.25) is 19.7 Å². The van der Waals surface area contributed by atoms with E-state index in [1.807, 2.05) is 0 Å². The number of benzene rings is 2. The first-order chi connectivity index (χ1) is 14.3. The van der Waals surface area contributed by atoms with Crippen LogP contribution in [0.5, 0.6) is 5.75 Å². The van der Waals surface area contributed by atoms with Crippen molar-refractivity contribution in [2.24, 2.45) is 4.99 Å². The molecule has 1 heterocycles. The molecule has 1 aromatic heterocycles. The molecule has 1 N–H and O–H groups in total. The lowest BCUT2D eigenvalue weighted by Crippen LogP contribution is -2.20. The van der Waals surface area contributed by atoms with Crippen molar-refractivity contribution in [3.63, 3.8) is 0 Å². The van der Waals surface area contributed by atoms with Gasteiger partial charge in [0.2, 0.25) is 0 Å². The zero-order valence-corrected chi connectivity index (χ0v) is 18.0. The Hall–Kier alpha value is -3.03. The van der Waals surface area contributed by atoms with Crippen molar-refractivity contribution in [1.82, 2.24) is 9.78 Å². The molecule has 3 aromatic rings. The third-order valence-corrected chi connectivity index (χ3v) is 4.96. The van der Waals surface area contributed by atoms with E-state index in [4.69, 9.17) is 32.7 Å². The maximum Gasteiger partial charge on any atom is 0.311 e. The molecule has 0 aliphatic rings. The van der Waals surface area contributed by atoms with Crippen LogP contribution >= 0.6 is 23.2 Å². The highest BCUT2D eigenvalue weighted by atomic mass is 35.5. The maximum absolute atomic E-state index is 13.2. The molecular formula is C21H19Cl2N3O4. The number of methoxy groups -OCH3 is 2. The fraction of sp³-hybridized carbons (Fsp3) is 0.190. The summed E-state index contributed by atoms with van der Waals surface area (Å²) in [6, 6.07) is 11.8. The number of aromatic nitrogens is 2. The molecular weight excluding hydrogens is 429 g/mol. The van der Waals surface area contributed by atoms with Crippen LogP contribution in [0.2, 0.25) is 10.0 Å². The minimum Gasteiger partial charge on any atom is -0.497 e. The summed E-state index contributed by atoms with van der Waals surface area (Å²) in [5.74, 6) is 0.162. The predicted octanol–water partition coefficient (Wildman–Crippen LogP) is 4.34. The number of H-pyrrole nitrogens is 1. The van der Waals surface area contributed by atoms with Crippen LogP contribution in [-0.4, -0.2) is 35.7 Å². The van der Waals surface area contributed by atoms with Crippen LogP contribution in [0.15, 0.2) is 52.3 Å². The van der Waals surface area contributed by atoms with Crippen LogP contribution < -0.4 is 10.3 Å². The number of nitrogens with one attached hydrogen (secondary N) is 1. The summed E-state index contributed by atoms with van der Waals surface area (Å²) in [4.78, 5) is 29.6. The van der Waals surface area contributed by atoms with Gasteiger partial charge in [0.1, 0.15) is 5.75 Å². The molecule has 2 aromatic carbocycles. The summed E-state index contributed by atoms with van der Waals surface area (Å²) in [5, 5.41) is 3.84. The van der Waals surface area contributed by atoms with E-state index in [1.165, 1.54) is 11.8 Å². The second-order valence-electron chi connectivity index (χ2n) is 6.35. The Morgan fingerprint density at radius 2 is 1.83 bits per heavy atom. The topological polar surface area (TPSA) is 85.7 Å². The number of esters is 1. The number of ether oxygens (including phenoxy) is 2. The molecule has 0 atom stereocenters. The number of rotatable bonds is 6. The van der Waals surface area contributed by atoms with E-state index in [9.17, 15) is 9.59 Å². The van der Waals surface area contributed by atoms with Crippen molar-refractivity contribution in [3.05, 3.63) is 74.1 Å². The van der Waals surface area contributed by atoms with Gasteiger partial charge in [0.15, 0.2) is 0 Å². The molecule has 0 saturated carbocycles. The molecule has 0 amide bonds. The Balaban J connectivity index is 2.14. The van der Waals surface area contributed by atoms with E-state index in [-0.39, 0.29) is 17.5 Å². The molecule has 0 spiro atoms. The van der Waals surface area contributed by atoms with Gasteiger partial charge in [0.25, 0.3) is 5.56 Å². The molecule has 0 saturated heterocycles. The first-order valence-electron chi connectivity index (χ1n) is 8.90. The van der Waals surface area contributed by atoms with Gasteiger partial charge in [-0.05, 0) is 49.4 Å². The normalized spacial score (nSPS) is 11.4. The smallest absolute Gasteiger partial charge is 0.311 e. The average Bonchev–Trinajstić information content (AvgIpc) is 3.06. The number of hydrogen-bond donors (Lipinski definition) is 1. The van der Waals surface area contributed by atoms with Crippen molar-refractivity contribution in [2.75, 3.05) is 14.2 Å². The highest BCUT2D eigenvalue weighted by Crippen LogP contribution is 2.29. The standard InChI is InChI=1S/C21H19Cl2N3O4/c1-12(24-17-10-13(22)4-9-16(17)23)20-18(11-19(27)30-3)25-26(21(20)28)14-5-7-15(29-2)8-6-14/h4-10,25H,11H2,1-3H3. The fourth-order valence-corrected chi connectivity index (χ4v) is 3.25. The number of aliphatic imine (C=N–C) groups is 1. The molecule has 0 radical (unpaired) electrons. The molecule has 156 valence electrons. The van der Waals surface area contributed by atoms with E-state index in [2.05, 4.69) is 10.1 Å². The third kappa shape index (κ3) is 4.58. The second kappa shape index (κ2) is 9.19. The highest BCUT2D eigenvalue weighted by molar-refractivity contribution is 6.35. The summed E-state index contributed by atoms with van der Waals surface area (Å²) in [5.41, 5.74) is 1.65. The van der Waals surface area contributed by atoms with E-state index < -0.39 is 5.97 Å². The maximum atomic E-state index is 13.2. The number of aromatic amines is 1. The lowest BCUT2D eigenvalue weighted by Gasteiger charge is -2.04. The summed E-state index contributed by atoms with van der Waals surface area (Å²) in [7, 11) is 2.84. The Bertz CT molecular complexity index is 1160. The molecule has 30 heavy (non-hydrogen) atoms. The number of hydrogen-bond acceptors (Lipinski definition) is 5. The van der Waals surface area contributed by atoms with Crippen LogP contribution in [0.4, 0.5) is 5.69 Å². The molecule has 0 aliphatic carbocycles. The van der Waals surface area contributed by atoms with E-state index in [1.54, 1.807) is 56.5 Å². The molecule has 0 fully saturated rings. The number of halogens is 2. The summed E-state index contributed by atoms with van der Waals surface area (Å²) < 4.78 is 11.3. The van der Waals surface area contributed by atoms with Gasteiger partial charge in [-0.15, -0.1) is 0 Å². The summed E-state index contributed by atoms with van der Waals surface area (Å²) in [6.07, 6.45) is -0.125. The number of carbonyl (C=O) groups excluding carboxylic acids is 1. The first kappa shape index (κ1) is 21.7. The molecule has 3 rings (SSSR count). The number of nitrogens with zero attached hydrogens (tertiary/aromatic N) is 2. The van der Waals surface area contributed by atoms with E-state index in [0.717, 1.165) is 0 Å². The largest absolute Gasteiger partial charge is 0.497 e. The van der Waals surface area contributed by atoms with Gasteiger partial charge in [0, 0.05) is 5.02 Å². The SMILES string of the molecule is COC(=O)Cc1[nH]n(-c2ccc(OC)cc2)c(=O)c1C(C)=Nc1cc(Cl)ccc1Cl. The minimum atomic E-state index is -0.493. The van der Waals surface area contributed by atoms with Crippen LogP contribution in [0.3, 0.4) is 0 Å². The van der Waals surface area contributed by atoms with E-state index in [0.29, 0.717) is 38.6 Å². The quantitative estimate of drug-likeness (QED) is 0.449. The van der Waals surface area contributed by atoms with Crippen molar-refractivity contribution in [2.45, 2.75) is 13.3 Å². The molecule has 0 bridgehead atoms. The van der Waals surface area contributed by atoms with Gasteiger partial charge in [-0.2, -0.15) is 0 Å². The van der Waals surface area contributed by atoms with Gasteiger partial charge in [-0.1, -0.05) is 23.2 Å². The van der Waals surface area contributed by atoms with Crippen molar-refractivity contribution < 1.29 is 14.3 Å². The van der Waals surface area contributed by atoms with Gasteiger partial charge < -0.3 is 9.47 Å². The third-order valence-electron chi connectivity index (χ3n) is 4.40. The van der Waals surface area contributed by atoms with Gasteiger partial charge >= 0.3 is 5.97 Å². The van der Waals surface area contributed by atoms with Crippen LogP contribution in [-0.2, 0) is 16.0 Å². The lowest BCUT2D eigenvalue weighted by atomic mass is 10.1. The first-order valence-corrected chi connectivity index (χ1v) is 9.65. The van der Waals surface area contributed by atoms with Gasteiger partial charge in [0.05, 0.1) is 54.0 Å². The molecule has 0 aliphatic heterocycles. The Morgan fingerprint density at radius 3 is 2.47 bits per heavy atom. The van der Waals surface area contributed by atoms with Crippen LogP contribution in [0.1, 0.15) is 18.2 Å². The lowest BCUT2D eigenvalue weighted by molar-refractivity contribution is -0.139. The molecule has 9 heteroatoms. The Morgan fingerprint density at radius 1 is 1.13 bits per heavy atom. The molecule has 7 nitrogen and oxygen atoms in total. The summed E-state index contributed by atoms with van der Waals surface area (Å²) >= 11 is 12.2.